The fourth-order valence-electron chi connectivity index (χ4n) is 4.53. The summed E-state index contributed by atoms with van der Waals surface area (Å²) in [5.41, 5.74) is 7.94. The van der Waals surface area contributed by atoms with Gasteiger partial charge < -0.3 is 26.4 Å². The van der Waals surface area contributed by atoms with Gasteiger partial charge in [-0.15, -0.1) is 0 Å². The van der Waals surface area contributed by atoms with Crippen molar-refractivity contribution in [1.29, 1.82) is 0 Å². The number of anilines is 3. The van der Waals surface area contributed by atoms with Crippen LogP contribution in [0.25, 0.3) is 12.2 Å². The van der Waals surface area contributed by atoms with E-state index in [-0.39, 0.29) is 38.5 Å². The summed E-state index contributed by atoms with van der Waals surface area (Å²) >= 11 is 22.6. The van der Waals surface area contributed by atoms with Crippen molar-refractivity contribution in [3.8, 4) is 5.75 Å². The van der Waals surface area contributed by atoms with E-state index in [1.807, 2.05) is 0 Å². The predicted molar refractivity (Wildman–Crippen MR) is 232 cm³/mol. The highest BCUT2D eigenvalue weighted by Gasteiger charge is 2.27. The van der Waals surface area contributed by atoms with Crippen LogP contribution in [0, 0.1) is 0 Å². The molecule has 57 heavy (non-hydrogen) atoms. The quantitative estimate of drug-likeness (QED) is 0.0221. The van der Waals surface area contributed by atoms with Crippen LogP contribution in [0.4, 0.5) is 17.1 Å². The maximum atomic E-state index is 13.3. The second kappa shape index (κ2) is 19.6. The van der Waals surface area contributed by atoms with Crippen LogP contribution >= 0.6 is 67.9 Å². The molecular weight excluding hydrogens is 976 g/mol. The lowest BCUT2D eigenvalue weighted by Crippen LogP contribution is -2.54. The highest BCUT2D eigenvalue weighted by Crippen LogP contribution is 2.33. The lowest BCUT2D eigenvalue weighted by Gasteiger charge is -2.19. The molecule has 0 radical (unpaired) electrons. The molecule has 17 nitrogen and oxygen atoms in total. The average molecular weight is 1010 g/mol. The van der Waals surface area contributed by atoms with Crippen LogP contribution in [0.5, 0.6) is 5.75 Å². The molecule has 24 heteroatoms. The molecule has 4 aromatic carbocycles. The van der Waals surface area contributed by atoms with Crippen LogP contribution in [-0.2, 0) is 29.8 Å². The van der Waals surface area contributed by atoms with E-state index in [0.717, 1.165) is 12.1 Å². The molecule has 4 aromatic rings. The zero-order valence-corrected chi connectivity index (χ0v) is 35.9. The highest BCUT2D eigenvalue weighted by molar-refractivity contribution is 9.11. The Labute approximate surface area is 358 Å². The van der Waals surface area contributed by atoms with Crippen molar-refractivity contribution >= 4 is 146 Å². The number of nitrogens with one attached hydrogen (secondary N) is 7. The molecule has 0 aromatic heterocycles. The predicted octanol–water partition coefficient (Wildman–Crippen LogP) is 5.10. The van der Waals surface area contributed by atoms with Gasteiger partial charge in [-0.25, -0.2) is 5.43 Å². The molecule has 2 amide bonds. The third-order valence-corrected chi connectivity index (χ3v) is 11.0. The molecule has 0 aliphatic carbocycles. The maximum absolute atomic E-state index is 13.3. The topological polar surface area (TPSA) is 260 Å². The van der Waals surface area contributed by atoms with Crippen LogP contribution in [0.2, 0.25) is 5.02 Å². The number of halogens is 3. The van der Waals surface area contributed by atoms with Crippen molar-refractivity contribution in [2.45, 2.75) is 15.8 Å². The van der Waals surface area contributed by atoms with Crippen molar-refractivity contribution in [2.24, 2.45) is 5.10 Å². The van der Waals surface area contributed by atoms with Crippen molar-refractivity contribution in [3.05, 3.63) is 103 Å². The number of phenolic OH excluding ortho intramolecular Hbond substituents is 1. The van der Waals surface area contributed by atoms with Gasteiger partial charge in [0.1, 0.15) is 15.5 Å². The number of hydrazone groups is 1. The van der Waals surface area contributed by atoms with Gasteiger partial charge in [-0.1, -0.05) is 35.9 Å². The van der Waals surface area contributed by atoms with E-state index in [1.54, 1.807) is 7.05 Å². The van der Waals surface area contributed by atoms with Crippen molar-refractivity contribution in [3.63, 3.8) is 0 Å². The third kappa shape index (κ3) is 13.2. The second-order valence-corrected chi connectivity index (χ2v) is 17.0. The Morgan fingerprint density at radius 2 is 1.25 bits per heavy atom. The molecule has 0 heterocycles. The molecule has 1 atom stereocenters. The number of thiocarbonyl (C=S) groups is 2. The number of hydrogen-bond acceptors (Lipinski definition) is 11. The SMILES string of the molecule is CNC(=S)Nc1ccc(/C=C/c2ccc(NC(=S)NNC(=O)C(Nc3ccc(Cl)cc3)C(=O)N/N=C/c3cc(Br)c(O)c(Br)c3)cc2S(=O)(=O)O)c(S(=O)(=O)O)c1. The molecule has 0 fully saturated rings. The monoisotopic (exact) mass is 1000 g/mol. The summed E-state index contributed by atoms with van der Waals surface area (Å²) in [4.78, 5) is 25.3. The Morgan fingerprint density at radius 3 is 1.74 bits per heavy atom. The van der Waals surface area contributed by atoms with Crippen molar-refractivity contribution in [2.75, 3.05) is 23.0 Å². The number of hydrogen-bond donors (Lipinski definition) is 10. The van der Waals surface area contributed by atoms with Gasteiger partial charge in [-0.2, -0.15) is 21.9 Å². The number of rotatable bonds is 12. The standard InChI is InChI=1S/C33H29Br2ClN8O9S4/c1-37-32(54)40-22-8-4-18(26(14-22)56(48,49)50)2-3-19-5-9-23(15-27(19)57(51,52)53)41-33(55)44-43-31(47)28(39-21-10-6-20(36)7-11-21)30(46)42-38-16-17-12-24(34)29(45)25(35)13-17/h2-16,28,39,45H,1H3,(H,42,46)(H,43,47)(H2,37,40,54)(H2,41,44,55)(H,48,49,50)(H,51,52,53)/b3-2+,38-16+. The van der Waals surface area contributed by atoms with E-state index in [1.165, 1.54) is 79.0 Å². The number of nitrogens with zero attached hydrogens (tertiary/aromatic N) is 1. The first kappa shape index (κ1) is 45.0. The molecule has 0 spiro atoms. The van der Waals surface area contributed by atoms with Gasteiger partial charge in [0, 0.05) is 29.1 Å². The first-order chi connectivity index (χ1) is 26.7. The molecule has 0 saturated heterocycles. The Hall–Kier alpha value is -4.72. The average Bonchev–Trinajstić information content (AvgIpc) is 3.14. The Balaban J connectivity index is 1.49. The number of aromatic hydroxyl groups is 1. The normalized spacial score (nSPS) is 12.1. The van der Waals surface area contributed by atoms with Gasteiger partial charge in [0.25, 0.3) is 32.1 Å². The largest absolute Gasteiger partial charge is 0.506 e. The zero-order chi connectivity index (χ0) is 42.1. The molecule has 300 valence electrons. The Bertz CT molecular complexity index is 2490. The van der Waals surface area contributed by atoms with Crippen LogP contribution in [0.15, 0.2) is 96.6 Å². The van der Waals surface area contributed by atoms with E-state index in [2.05, 4.69) is 74.5 Å². The number of phenols is 1. The van der Waals surface area contributed by atoms with E-state index < -0.39 is 47.9 Å². The number of carbonyl (C=O) groups excluding carboxylic acids is 2. The van der Waals surface area contributed by atoms with Crippen LogP contribution in [0.1, 0.15) is 16.7 Å². The number of carbonyl (C=O) groups is 2. The van der Waals surface area contributed by atoms with Crippen LogP contribution in [0.3, 0.4) is 0 Å². The number of hydrazine groups is 1. The smallest absolute Gasteiger partial charge is 0.295 e. The second-order valence-electron chi connectivity index (χ2n) is 11.2. The van der Waals surface area contributed by atoms with Crippen LogP contribution < -0.4 is 37.5 Å². The van der Waals surface area contributed by atoms with Crippen molar-refractivity contribution in [1.82, 2.24) is 21.6 Å². The summed E-state index contributed by atoms with van der Waals surface area (Å²) in [6.45, 7) is 0. The zero-order valence-electron chi connectivity index (χ0n) is 28.7. The Kier molecular flexibility index (Phi) is 15.5. The molecule has 1 unspecified atom stereocenters. The van der Waals surface area contributed by atoms with E-state index in [0.29, 0.717) is 25.2 Å². The van der Waals surface area contributed by atoms with E-state index in [9.17, 15) is 40.6 Å². The highest BCUT2D eigenvalue weighted by atomic mass is 79.9. The van der Waals surface area contributed by atoms with Gasteiger partial charge >= 0.3 is 0 Å². The fourth-order valence-corrected chi connectivity index (χ4v) is 7.58. The minimum atomic E-state index is -4.88. The van der Waals surface area contributed by atoms with E-state index >= 15 is 0 Å². The van der Waals surface area contributed by atoms with Gasteiger partial charge in [-0.3, -0.25) is 29.5 Å². The molecule has 0 saturated carbocycles. The first-order valence-electron chi connectivity index (χ1n) is 15.5. The van der Waals surface area contributed by atoms with Crippen LogP contribution in [-0.4, -0.2) is 72.4 Å². The maximum Gasteiger partial charge on any atom is 0.295 e. The Morgan fingerprint density at radius 1 is 0.754 bits per heavy atom. The molecular formula is C33H29Br2ClN8O9S4. The van der Waals surface area contributed by atoms with Crippen molar-refractivity contribution < 1.29 is 40.6 Å². The van der Waals surface area contributed by atoms with Gasteiger partial charge in [0.15, 0.2) is 16.3 Å². The molecule has 4 rings (SSSR count). The fraction of sp³-hybridized carbons (Fsp3) is 0.0606. The van der Waals surface area contributed by atoms with E-state index in [4.69, 9.17) is 36.0 Å². The summed E-state index contributed by atoms with van der Waals surface area (Å²) < 4.78 is 69.6. The summed E-state index contributed by atoms with van der Waals surface area (Å²) in [5.74, 6) is -1.87. The van der Waals surface area contributed by atoms with Gasteiger partial charge in [-0.05, 0) is 134 Å². The number of benzene rings is 4. The molecule has 10 N–H and O–H groups in total. The summed E-state index contributed by atoms with van der Waals surface area (Å²) in [6.07, 6.45) is 3.69. The first-order valence-corrected chi connectivity index (χ1v) is 21.2. The molecule has 0 bridgehead atoms. The van der Waals surface area contributed by atoms with Gasteiger partial charge in [0.2, 0.25) is 0 Å². The minimum Gasteiger partial charge on any atom is -0.506 e. The minimum absolute atomic E-state index is 0.0220. The van der Waals surface area contributed by atoms with Gasteiger partial charge in [0.05, 0.1) is 15.2 Å². The lowest BCUT2D eigenvalue weighted by molar-refractivity contribution is -0.130. The molecule has 0 aliphatic rings. The number of amides is 2. The lowest BCUT2D eigenvalue weighted by atomic mass is 10.1. The summed E-state index contributed by atoms with van der Waals surface area (Å²) in [5, 5.41) is 24.9. The molecule has 0 aliphatic heterocycles. The summed E-state index contributed by atoms with van der Waals surface area (Å²) in [7, 11) is -8.08. The summed E-state index contributed by atoms with van der Waals surface area (Å²) in [6, 6.07) is 15.2. The third-order valence-electron chi connectivity index (χ3n) is 7.17.